The largest absolute Gasteiger partial charge is 0.472 e. The van der Waals surface area contributed by atoms with Crippen LogP contribution in [-0.4, -0.2) is 108 Å². The van der Waals surface area contributed by atoms with Crippen molar-refractivity contribution in [1.29, 1.82) is 0 Å². The van der Waals surface area contributed by atoms with Crippen molar-refractivity contribution >= 4 is 13.7 Å². The van der Waals surface area contributed by atoms with Crippen LogP contribution in [0.1, 0.15) is 149 Å². The highest BCUT2D eigenvalue weighted by Gasteiger charge is 2.51. The van der Waals surface area contributed by atoms with Crippen LogP contribution >= 0.6 is 7.82 Å². The average molecular weight is 766 g/mol. The molecule has 0 bridgehead atoms. The number of aliphatic hydroxyl groups is 7. The summed E-state index contributed by atoms with van der Waals surface area (Å²) in [7, 11) is -5.13. The van der Waals surface area contributed by atoms with E-state index in [1.165, 1.54) is 70.3 Å². The predicted molar refractivity (Wildman–Crippen MR) is 201 cm³/mol. The summed E-state index contributed by atoms with van der Waals surface area (Å²) >= 11 is 0. The van der Waals surface area contributed by atoms with Crippen molar-refractivity contribution < 1.29 is 59.0 Å². The minimum Gasteiger partial charge on any atom is -0.393 e. The number of hydrogen-bond acceptors (Lipinski definition) is 11. The van der Waals surface area contributed by atoms with Crippen LogP contribution in [0.4, 0.5) is 0 Å². The number of unbranched alkanes of at least 4 members (excludes halogenated alkanes) is 16. The molecule has 0 aromatic rings. The fourth-order valence-corrected chi connectivity index (χ4v) is 7.15. The first-order valence-electron chi connectivity index (χ1n) is 19.9. The zero-order valence-corrected chi connectivity index (χ0v) is 32.6. The summed E-state index contributed by atoms with van der Waals surface area (Å²) < 4.78 is 22.7. The molecule has 14 heteroatoms. The number of aliphatic hydroxyl groups excluding tert-OH is 7. The molecule has 0 saturated heterocycles. The molecule has 8 unspecified atom stereocenters. The van der Waals surface area contributed by atoms with Crippen molar-refractivity contribution in [2.45, 2.75) is 204 Å². The minimum absolute atomic E-state index is 0.250. The first-order chi connectivity index (χ1) is 24.8. The van der Waals surface area contributed by atoms with Crippen LogP contribution in [-0.2, 0) is 18.4 Å². The highest BCUT2D eigenvalue weighted by atomic mass is 31.2. The Balaban J connectivity index is 2.59. The lowest BCUT2D eigenvalue weighted by Crippen LogP contribution is -2.64. The van der Waals surface area contributed by atoms with E-state index in [0.717, 1.165) is 51.4 Å². The number of nitrogens with one attached hydrogen (secondary N) is 1. The molecule has 52 heavy (non-hydrogen) atoms. The Morgan fingerprint density at radius 2 is 1.13 bits per heavy atom. The van der Waals surface area contributed by atoms with E-state index in [1.54, 1.807) is 6.08 Å². The highest BCUT2D eigenvalue weighted by Crippen LogP contribution is 2.47. The summed E-state index contributed by atoms with van der Waals surface area (Å²) in [6.07, 6.45) is 14.6. The van der Waals surface area contributed by atoms with Gasteiger partial charge in [0.2, 0.25) is 5.91 Å². The van der Waals surface area contributed by atoms with Crippen LogP contribution in [0.5, 0.6) is 0 Å². The normalized spacial score (nSPS) is 25.3. The number of phosphoric acid groups is 1. The third kappa shape index (κ3) is 21.6. The summed E-state index contributed by atoms with van der Waals surface area (Å²) in [5.41, 5.74) is 0. The van der Waals surface area contributed by atoms with Crippen molar-refractivity contribution in [2.75, 3.05) is 6.61 Å². The lowest BCUT2D eigenvalue weighted by Gasteiger charge is -2.41. The monoisotopic (exact) mass is 765 g/mol. The standard InChI is InChI=1S/C38H72NO12P/c1-3-5-7-9-11-13-14-15-16-17-18-19-21-23-25-29(40)27-32(42)39-30(31(41)26-24-22-20-12-10-8-6-4-2)28-50-52(48,49)51-38-36(46)34(44)33(43)35(45)37(38)47/h10,12,24,26,29-31,33-38,40-41,43-47H,3-9,11,13-23,25,27-28H2,1-2H3,(H,39,42)(H,48,49)/b12-10+,26-24+. The Labute approximate surface area is 312 Å². The summed E-state index contributed by atoms with van der Waals surface area (Å²) in [4.78, 5) is 23.2. The van der Waals surface area contributed by atoms with Gasteiger partial charge in [0.1, 0.15) is 36.6 Å². The molecule has 1 fully saturated rings. The molecule has 1 rings (SSSR count). The van der Waals surface area contributed by atoms with Gasteiger partial charge in [-0.05, 0) is 25.7 Å². The molecule has 0 aromatic heterocycles. The second-order valence-corrected chi connectivity index (χ2v) is 15.7. The maximum absolute atomic E-state index is 12.9. The number of carbonyl (C=O) groups is 1. The van der Waals surface area contributed by atoms with Gasteiger partial charge in [-0.2, -0.15) is 0 Å². The van der Waals surface area contributed by atoms with Gasteiger partial charge >= 0.3 is 7.82 Å². The van der Waals surface area contributed by atoms with Crippen molar-refractivity contribution in [3.63, 3.8) is 0 Å². The minimum atomic E-state index is -5.13. The third-order valence-electron chi connectivity index (χ3n) is 9.54. The Bertz CT molecular complexity index is 1000. The average Bonchev–Trinajstić information content (AvgIpc) is 3.11. The zero-order valence-electron chi connectivity index (χ0n) is 31.7. The summed E-state index contributed by atoms with van der Waals surface area (Å²) in [5.74, 6) is -0.607. The fraction of sp³-hybridized carbons (Fsp3) is 0.868. The molecular weight excluding hydrogens is 693 g/mol. The molecule has 1 aliphatic rings. The molecule has 1 amide bonds. The number of carbonyl (C=O) groups excluding carboxylic acids is 1. The number of amides is 1. The van der Waals surface area contributed by atoms with Crippen LogP contribution < -0.4 is 5.32 Å². The van der Waals surface area contributed by atoms with Crippen LogP contribution in [0.3, 0.4) is 0 Å². The molecule has 0 aromatic carbocycles. The predicted octanol–water partition coefficient (Wildman–Crippen LogP) is 4.86. The molecule has 0 aliphatic heterocycles. The van der Waals surface area contributed by atoms with Gasteiger partial charge in [-0.1, -0.05) is 141 Å². The lowest BCUT2D eigenvalue weighted by molar-refractivity contribution is -0.220. The van der Waals surface area contributed by atoms with E-state index in [0.29, 0.717) is 12.8 Å². The van der Waals surface area contributed by atoms with E-state index >= 15 is 0 Å². The Hall–Kier alpha value is -1.22. The molecule has 0 radical (unpaired) electrons. The van der Waals surface area contributed by atoms with Crippen molar-refractivity contribution in [2.24, 2.45) is 0 Å². The SMILES string of the molecule is CCCC/C=C/CC/C=C/C(O)C(COP(=O)(O)OC1C(O)C(O)C(O)C(O)C1O)NC(=O)CC(O)CCCCCCCCCCCCCCCC. The quantitative estimate of drug-likeness (QED) is 0.0262. The zero-order chi connectivity index (χ0) is 38.8. The first kappa shape index (κ1) is 48.8. The van der Waals surface area contributed by atoms with Crippen molar-refractivity contribution in [1.82, 2.24) is 5.32 Å². The maximum atomic E-state index is 12.9. The van der Waals surface area contributed by atoms with Gasteiger partial charge in [-0.25, -0.2) is 4.57 Å². The third-order valence-corrected chi connectivity index (χ3v) is 10.5. The molecule has 0 spiro atoms. The van der Waals surface area contributed by atoms with Crippen LogP contribution in [0.2, 0.25) is 0 Å². The summed E-state index contributed by atoms with van der Waals surface area (Å²) in [5, 5.41) is 73.9. The molecule has 13 nitrogen and oxygen atoms in total. The summed E-state index contributed by atoms with van der Waals surface area (Å²) in [6.45, 7) is 3.60. The van der Waals surface area contributed by atoms with Crippen LogP contribution in [0, 0.1) is 0 Å². The van der Waals surface area contributed by atoms with E-state index in [4.69, 9.17) is 9.05 Å². The van der Waals surface area contributed by atoms with Gasteiger partial charge in [-0.3, -0.25) is 13.8 Å². The molecule has 1 aliphatic carbocycles. The van der Waals surface area contributed by atoms with Gasteiger partial charge in [0, 0.05) is 0 Å². The van der Waals surface area contributed by atoms with Crippen LogP contribution in [0.25, 0.3) is 0 Å². The molecule has 1 saturated carbocycles. The summed E-state index contributed by atoms with van der Waals surface area (Å²) in [6, 6.07) is -1.25. The number of allylic oxidation sites excluding steroid dienone is 3. The van der Waals surface area contributed by atoms with Gasteiger partial charge in [0.05, 0.1) is 31.3 Å². The second kappa shape index (κ2) is 29.1. The van der Waals surface area contributed by atoms with Crippen molar-refractivity contribution in [3.05, 3.63) is 24.3 Å². The van der Waals surface area contributed by atoms with Gasteiger partial charge in [-0.15, -0.1) is 0 Å². The van der Waals surface area contributed by atoms with E-state index in [9.17, 15) is 50.0 Å². The maximum Gasteiger partial charge on any atom is 0.472 e. The lowest BCUT2D eigenvalue weighted by atomic mass is 9.85. The van der Waals surface area contributed by atoms with E-state index in [-0.39, 0.29) is 6.42 Å². The molecular formula is C38H72NO12P. The Morgan fingerprint density at radius 1 is 0.673 bits per heavy atom. The van der Waals surface area contributed by atoms with Gasteiger partial charge < -0.3 is 46.0 Å². The fourth-order valence-electron chi connectivity index (χ4n) is 6.18. The second-order valence-electron chi connectivity index (χ2n) is 14.3. The van der Waals surface area contributed by atoms with E-state index in [1.807, 2.05) is 6.08 Å². The van der Waals surface area contributed by atoms with Gasteiger partial charge in [0.15, 0.2) is 0 Å². The Morgan fingerprint density at radius 3 is 1.67 bits per heavy atom. The van der Waals surface area contributed by atoms with E-state index < -0.39 is 75.2 Å². The smallest absolute Gasteiger partial charge is 0.393 e. The first-order valence-corrected chi connectivity index (χ1v) is 21.4. The van der Waals surface area contributed by atoms with Crippen LogP contribution in [0.15, 0.2) is 24.3 Å². The van der Waals surface area contributed by atoms with Gasteiger partial charge in [0.25, 0.3) is 0 Å². The molecule has 8 atom stereocenters. The Kier molecular flexibility index (Phi) is 27.3. The molecule has 0 heterocycles. The number of phosphoric ester groups is 1. The topological polar surface area (TPSA) is 226 Å². The van der Waals surface area contributed by atoms with E-state index in [2.05, 4.69) is 25.2 Å². The molecule has 306 valence electrons. The molecule has 9 N–H and O–H groups in total. The number of hydrogen-bond donors (Lipinski definition) is 9. The highest BCUT2D eigenvalue weighted by molar-refractivity contribution is 7.47. The van der Waals surface area contributed by atoms with Crippen molar-refractivity contribution in [3.8, 4) is 0 Å². The number of rotatable bonds is 31.